The fourth-order valence-electron chi connectivity index (χ4n) is 4.79. The minimum atomic E-state index is -0.641. The van der Waals surface area contributed by atoms with Crippen LogP contribution < -0.4 is 0 Å². The summed E-state index contributed by atoms with van der Waals surface area (Å²) in [6.07, 6.45) is 6.15. The number of imide groups is 1. The average molecular weight is 400 g/mol. The predicted octanol–water partition coefficient (Wildman–Crippen LogP) is 2.84. The molecule has 3 amide bonds. The van der Waals surface area contributed by atoms with Crippen molar-refractivity contribution in [2.75, 3.05) is 27.3 Å². The van der Waals surface area contributed by atoms with Crippen molar-refractivity contribution in [3.8, 4) is 0 Å². The number of benzene rings is 1. The summed E-state index contributed by atoms with van der Waals surface area (Å²) in [4.78, 5) is 41.9. The highest BCUT2D eigenvalue weighted by Crippen LogP contribution is 2.32. The van der Waals surface area contributed by atoms with Gasteiger partial charge in [0.15, 0.2) is 5.79 Å². The second-order valence-electron chi connectivity index (χ2n) is 8.14. The van der Waals surface area contributed by atoms with E-state index in [2.05, 4.69) is 0 Å². The lowest BCUT2D eigenvalue weighted by Crippen LogP contribution is -2.48. The highest BCUT2D eigenvalue weighted by atomic mass is 16.7. The predicted molar refractivity (Wildman–Crippen MR) is 106 cm³/mol. The monoisotopic (exact) mass is 400 g/mol. The Morgan fingerprint density at radius 2 is 1.59 bits per heavy atom. The maximum Gasteiger partial charge on any atom is 0.261 e. The SMILES string of the molecule is COC1(OC)CCN(C(=O)c2ccc3c(c2)C(=O)N(C2CCCCC2)C3=O)CC1. The maximum atomic E-state index is 13.0. The molecule has 0 spiro atoms. The molecule has 2 aliphatic heterocycles. The molecule has 7 nitrogen and oxygen atoms in total. The van der Waals surface area contributed by atoms with Gasteiger partial charge >= 0.3 is 0 Å². The Hall–Kier alpha value is -2.25. The second kappa shape index (κ2) is 7.88. The minimum absolute atomic E-state index is 0.0198. The van der Waals surface area contributed by atoms with Crippen molar-refractivity contribution < 1.29 is 23.9 Å². The first-order chi connectivity index (χ1) is 14.0. The van der Waals surface area contributed by atoms with Crippen LogP contribution in [0.2, 0.25) is 0 Å². The zero-order chi connectivity index (χ0) is 20.6. The average Bonchev–Trinajstić information content (AvgIpc) is 3.03. The summed E-state index contributed by atoms with van der Waals surface area (Å²) < 4.78 is 10.9. The summed E-state index contributed by atoms with van der Waals surface area (Å²) in [5.41, 5.74) is 1.21. The van der Waals surface area contributed by atoms with E-state index in [1.54, 1.807) is 37.3 Å². The van der Waals surface area contributed by atoms with Gasteiger partial charge in [-0.1, -0.05) is 19.3 Å². The van der Waals surface area contributed by atoms with Gasteiger partial charge in [-0.25, -0.2) is 0 Å². The number of fused-ring (bicyclic) bond motifs is 1. The number of rotatable bonds is 4. The molecule has 2 fully saturated rings. The molecular weight excluding hydrogens is 372 g/mol. The van der Waals surface area contributed by atoms with E-state index in [1.807, 2.05) is 0 Å². The number of hydrogen-bond donors (Lipinski definition) is 0. The van der Waals surface area contributed by atoms with E-state index >= 15 is 0 Å². The summed E-state index contributed by atoms with van der Waals surface area (Å²) >= 11 is 0. The fraction of sp³-hybridized carbons (Fsp3) is 0.591. The number of methoxy groups -OCH3 is 2. The summed E-state index contributed by atoms with van der Waals surface area (Å²) in [5.74, 6) is -1.26. The van der Waals surface area contributed by atoms with E-state index in [4.69, 9.17) is 9.47 Å². The molecule has 1 saturated heterocycles. The van der Waals surface area contributed by atoms with Crippen LogP contribution in [0.4, 0.5) is 0 Å². The molecule has 1 aliphatic carbocycles. The minimum Gasteiger partial charge on any atom is -0.353 e. The van der Waals surface area contributed by atoms with Crippen molar-refractivity contribution in [3.63, 3.8) is 0 Å². The zero-order valence-electron chi connectivity index (χ0n) is 17.1. The molecule has 156 valence electrons. The Balaban J connectivity index is 1.51. The van der Waals surface area contributed by atoms with Crippen LogP contribution in [0.25, 0.3) is 0 Å². The van der Waals surface area contributed by atoms with Gasteiger partial charge < -0.3 is 14.4 Å². The molecule has 0 aromatic heterocycles. The van der Waals surface area contributed by atoms with Gasteiger partial charge in [-0.2, -0.15) is 0 Å². The van der Waals surface area contributed by atoms with Crippen LogP contribution in [0.3, 0.4) is 0 Å². The number of ether oxygens (including phenoxy) is 2. The Morgan fingerprint density at radius 1 is 0.966 bits per heavy atom. The lowest BCUT2D eigenvalue weighted by atomic mass is 9.94. The topological polar surface area (TPSA) is 76.2 Å². The Bertz CT molecular complexity index is 816. The van der Waals surface area contributed by atoms with Crippen molar-refractivity contribution in [2.45, 2.75) is 56.8 Å². The molecule has 7 heteroatoms. The van der Waals surface area contributed by atoms with Gasteiger partial charge in [-0.05, 0) is 31.0 Å². The number of likely N-dealkylation sites (tertiary alicyclic amines) is 1. The summed E-state index contributed by atoms with van der Waals surface area (Å²) in [7, 11) is 3.23. The third-order valence-corrected chi connectivity index (χ3v) is 6.66. The normalized spacial score (nSPS) is 22.1. The second-order valence-corrected chi connectivity index (χ2v) is 8.14. The first kappa shape index (κ1) is 20.0. The van der Waals surface area contributed by atoms with E-state index in [9.17, 15) is 14.4 Å². The number of carbonyl (C=O) groups is 3. The van der Waals surface area contributed by atoms with Crippen molar-refractivity contribution in [1.82, 2.24) is 9.80 Å². The fourth-order valence-corrected chi connectivity index (χ4v) is 4.79. The van der Waals surface area contributed by atoms with E-state index in [-0.39, 0.29) is 23.8 Å². The van der Waals surface area contributed by atoms with Crippen LogP contribution in [0.5, 0.6) is 0 Å². The first-order valence-corrected chi connectivity index (χ1v) is 10.4. The summed E-state index contributed by atoms with van der Waals surface area (Å²) in [5, 5.41) is 0. The van der Waals surface area contributed by atoms with Crippen LogP contribution >= 0.6 is 0 Å². The molecule has 0 radical (unpaired) electrons. The third-order valence-electron chi connectivity index (χ3n) is 6.66. The molecule has 0 atom stereocenters. The number of piperidine rings is 1. The van der Waals surface area contributed by atoms with Gasteiger partial charge in [0.1, 0.15) is 0 Å². The van der Waals surface area contributed by atoms with Crippen molar-refractivity contribution in [1.29, 1.82) is 0 Å². The molecule has 1 saturated carbocycles. The van der Waals surface area contributed by atoms with Gasteiger partial charge in [-0.3, -0.25) is 19.3 Å². The van der Waals surface area contributed by atoms with Crippen LogP contribution in [-0.2, 0) is 9.47 Å². The highest BCUT2D eigenvalue weighted by Gasteiger charge is 2.41. The third kappa shape index (κ3) is 3.46. The standard InChI is InChI=1S/C22H28N2O5/c1-28-22(29-2)10-12-23(13-11-22)19(25)15-8-9-17-18(14-15)21(27)24(20(17)26)16-6-4-3-5-7-16/h8-9,14,16H,3-7,10-13H2,1-2H3. The van der Waals surface area contributed by atoms with Crippen molar-refractivity contribution >= 4 is 17.7 Å². The maximum absolute atomic E-state index is 13.0. The molecular formula is C22H28N2O5. The number of amides is 3. The highest BCUT2D eigenvalue weighted by molar-refractivity contribution is 6.22. The molecule has 0 N–H and O–H groups in total. The van der Waals surface area contributed by atoms with Crippen LogP contribution in [0.1, 0.15) is 76.0 Å². The van der Waals surface area contributed by atoms with Crippen LogP contribution in [0, 0.1) is 0 Å². The first-order valence-electron chi connectivity index (χ1n) is 10.4. The molecule has 1 aromatic rings. The van der Waals surface area contributed by atoms with Crippen molar-refractivity contribution in [3.05, 3.63) is 34.9 Å². The van der Waals surface area contributed by atoms with E-state index in [0.29, 0.717) is 42.6 Å². The molecule has 29 heavy (non-hydrogen) atoms. The van der Waals surface area contributed by atoms with Gasteiger partial charge in [0.2, 0.25) is 0 Å². The van der Waals surface area contributed by atoms with Crippen molar-refractivity contribution in [2.24, 2.45) is 0 Å². The Morgan fingerprint density at radius 3 is 2.21 bits per heavy atom. The van der Waals surface area contributed by atoms with Crippen LogP contribution in [0.15, 0.2) is 18.2 Å². The van der Waals surface area contributed by atoms with E-state index in [1.165, 1.54) is 4.90 Å². The molecule has 3 aliphatic rings. The number of hydrogen-bond acceptors (Lipinski definition) is 5. The molecule has 2 heterocycles. The smallest absolute Gasteiger partial charge is 0.261 e. The Labute approximate surface area is 170 Å². The van der Waals surface area contributed by atoms with Gasteiger partial charge in [0, 0.05) is 51.8 Å². The van der Waals surface area contributed by atoms with Gasteiger partial charge in [0.05, 0.1) is 11.1 Å². The largest absolute Gasteiger partial charge is 0.353 e. The van der Waals surface area contributed by atoms with Gasteiger partial charge in [-0.15, -0.1) is 0 Å². The summed E-state index contributed by atoms with van der Waals surface area (Å²) in [6.45, 7) is 1.03. The van der Waals surface area contributed by atoms with Crippen LogP contribution in [-0.4, -0.2) is 66.7 Å². The molecule has 4 rings (SSSR count). The number of nitrogens with zero attached hydrogens (tertiary/aromatic N) is 2. The number of carbonyl (C=O) groups excluding carboxylic acids is 3. The molecule has 0 unspecified atom stereocenters. The van der Waals surface area contributed by atoms with Gasteiger partial charge in [0.25, 0.3) is 17.7 Å². The quantitative estimate of drug-likeness (QED) is 0.574. The Kier molecular flexibility index (Phi) is 5.44. The van der Waals surface area contributed by atoms with E-state index < -0.39 is 5.79 Å². The zero-order valence-corrected chi connectivity index (χ0v) is 17.1. The lowest BCUT2D eigenvalue weighted by Gasteiger charge is -2.39. The van der Waals surface area contributed by atoms with E-state index in [0.717, 1.165) is 32.1 Å². The molecule has 0 bridgehead atoms. The summed E-state index contributed by atoms with van der Waals surface area (Å²) in [6, 6.07) is 4.86. The molecule has 1 aromatic carbocycles. The lowest BCUT2D eigenvalue weighted by molar-refractivity contribution is -0.226.